The van der Waals surface area contributed by atoms with Crippen LogP contribution in [0, 0.1) is 0 Å². The summed E-state index contributed by atoms with van der Waals surface area (Å²) in [5.74, 6) is 1.40. The van der Waals surface area contributed by atoms with E-state index in [1.165, 1.54) is 62.2 Å². The van der Waals surface area contributed by atoms with Crippen molar-refractivity contribution in [1.29, 1.82) is 0 Å². The topological polar surface area (TPSA) is 48.8 Å². The number of hydrogen-bond acceptors (Lipinski definition) is 3. The third-order valence-electron chi connectivity index (χ3n) is 12.0. The molecule has 0 radical (unpaired) electrons. The van der Waals surface area contributed by atoms with Crippen molar-refractivity contribution in [2.45, 2.75) is 51.4 Å². The molecule has 11 rings (SSSR count). The number of nitrogens with zero attached hydrogens (tertiary/aromatic N) is 4. The van der Waals surface area contributed by atoms with Crippen LogP contribution in [0.5, 0.6) is 0 Å². The molecule has 53 heavy (non-hydrogen) atoms. The second-order valence-corrected chi connectivity index (χ2v) is 16.1. The van der Waals surface area contributed by atoms with Crippen LogP contribution in [0.4, 0.5) is 0 Å². The van der Waals surface area contributed by atoms with Gasteiger partial charge in [0.15, 0.2) is 17.2 Å². The molecule has 0 atom stereocenters. The zero-order valence-corrected chi connectivity index (χ0v) is 30.3. The van der Waals surface area contributed by atoms with Gasteiger partial charge < -0.3 is 8.98 Å². The third-order valence-corrected chi connectivity index (χ3v) is 12.0. The highest BCUT2D eigenvalue weighted by molar-refractivity contribution is 6.29. The molecule has 1 aliphatic rings. The van der Waals surface area contributed by atoms with Gasteiger partial charge in [0.05, 0.1) is 22.1 Å². The fourth-order valence-electron chi connectivity index (χ4n) is 9.18. The molecule has 4 aromatic heterocycles. The van der Waals surface area contributed by atoms with E-state index in [4.69, 9.17) is 14.4 Å². The predicted octanol–water partition coefficient (Wildman–Crippen LogP) is 12.6. The SMILES string of the molecule is CC1(C)CCC(C)(C)c2cc(-n3c4ccccc4c4c5c6ccccc6n(-c6nc(-c7ccccc7)nc7c6oc6ccccc67)c5ccc43)ccc21. The maximum Gasteiger partial charge on any atom is 0.197 e. The van der Waals surface area contributed by atoms with Gasteiger partial charge in [-0.1, -0.05) is 113 Å². The van der Waals surface area contributed by atoms with Crippen LogP contribution >= 0.6 is 0 Å². The molecule has 5 nitrogen and oxygen atoms in total. The van der Waals surface area contributed by atoms with Gasteiger partial charge in [-0.2, -0.15) is 0 Å². The van der Waals surface area contributed by atoms with E-state index in [1.54, 1.807) is 0 Å². The Balaban J connectivity index is 1.26. The molecule has 0 saturated heterocycles. The summed E-state index contributed by atoms with van der Waals surface area (Å²) in [7, 11) is 0. The van der Waals surface area contributed by atoms with Gasteiger partial charge in [0.25, 0.3) is 0 Å². The Morgan fingerprint density at radius 1 is 0.528 bits per heavy atom. The standard InChI is InChI=1S/C48H38N4O/c1-47(2)26-27-48(3,4)35-28-30(22-23-34(35)47)51-36-19-11-8-16-31(36)41-38(51)24-25-39-42(41)32-17-9-12-20-37(32)52(39)46-44-43(33-18-10-13-21-40(33)53-44)49-45(50-46)29-14-6-5-7-15-29/h5-25,28H,26-27H2,1-4H3. The van der Waals surface area contributed by atoms with Crippen LogP contribution in [0.25, 0.3) is 88.6 Å². The minimum atomic E-state index is 0.110. The smallest absolute Gasteiger partial charge is 0.197 e. The maximum atomic E-state index is 6.64. The summed E-state index contributed by atoms with van der Waals surface area (Å²) in [6.45, 7) is 9.61. The molecule has 256 valence electrons. The van der Waals surface area contributed by atoms with Gasteiger partial charge in [-0.15, -0.1) is 0 Å². The van der Waals surface area contributed by atoms with E-state index in [9.17, 15) is 0 Å². The molecule has 0 spiro atoms. The number of aromatic nitrogens is 4. The highest BCUT2D eigenvalue weighted by atomic mass is 16.3. The fourth-order valence-corrected chi connectivity index (χ4v) is 9.18. The molecule has 0 aliphatic heterocycles. The number of benzene rings is 6. The zero-order valence-electron chi connectivity index (χ0n) is 30.3. The molecular formula is C48H38N4O. The maximum absolute atomic E-state index is 6.64. The van der Waals surface area contributed by atoms with Gasteiger partial charge in [-0.3, -0.25) is 4.57 Å². The largest absolute Gasteiger partial charge is 0.450 e. The second-order valence-electron chi connectivity index (χ2n) is 16.1. The van der Waals surface area contributed by atoms with Gasteiger partial charge in [-0.25, -0.2) is 9.97 Å². The van der Waals surface area contributed by atoms with Crippen molar-refractivity contribution in [3.8, 4) is 22.9 Å². The van der Waals surface area contributed by atoms with Crippen LogP contribution in [0.3, 0.4) is 0 Å². The Morgan fingerprint density at radius 3 is 1.83 bits per heavy atom. The number of furan rings is 1. The van der Waals surface area contributed by atoms with Gasteiger partial charge in [0, 0.05) is 38.2 Å². The molecule has 0 N–H and O–H groups in total. The summed E-state index contributed by atoms with van der Waals surface area (Å²) in [5, 5.41) is 5.83. The van der Waals surface area contributed by atoms with Crippen LogP contribution in [0.2, 0.25) is 0 Å². The van der Waals surface area contributed by atoms with Gasteiger partial charge in [-0.05, 0) is 83.3 Å². The summed E-state index contributed by atoms with van der Waals surface area (Å²) < 4.78 is 11.4. The van der Waals surface area contributed by atoms with E-state index < -0.39 is 0 Å². The summed E-state index contributed by atoms with van der Waals surface area (Å²) >= 11 is 0. The van der Waals surface area contributed by atoms with E-state index in [0.29, 0.717) is 11.4 Å². The molecular weight excluding hydrogens is 649 g/mol. The van der Waals surface area contributed by atoms with Crippen molar-refractivity contribution < 1.29 is 4.42 Å². The molecule has 0 fully saturated rings. The van der Waals surface area contributed by atoms with E-state index in [1.807, 2.05) is 36.4 Å². The summed E-state index contributed by atoms with van der Waals surface area (Å²) in [4.78, 5) is 10.4. The van der Waals surface area contributed by atoms with E-state index in [0.717, 1.165) is 38.9 Å². The minimum Gasteiger partial charge on any atom is -0.450 e. The summed E-state index contributed by atoms with van der Waals surface area (Å²) in [6, 6.07) is 47.7. The number of rotatable bonds is 3. The first-order valence-electron chi connectivity index (χ1n) is 18.6. The quantitative estimate of drug-likeness (QED) is 0.186. The average Bonchev–Trinajstić information content (AvgIpc) is 3.84. The lowest BCUT2D eigenvalue weighted by Gasteiger charge is -2.42. The molecule has 5 heteroatoms. The van der Waals surface area contributed by atoms with Crippen molar-refractivity contribution in [3.05, 3.63) is 145 Å². The molecule has 1 aliphatic carbocycles. The van der Waals surface area contributed by atoms with Gasteiger partial charge >= 0.3 is 0 Å². The van der Waals surface area contributed by atoms with Crippen molar-refractivity contribution in [3.63, 3.8) is 0 Å². The van der Waals surface area contributed by atoms with E-state index in [-0.39, 0.29) is 10.8 Å². The summed E-state index contributed by atoms with van der Waals surface area (Å²) in [6.07, 6.45) is 2.38. The van der Waals surface area contributed by atoms with Crippen LogP contribution in [-0.4, -0.2) is 19.1 Å². The lowest BCUT2D eigenvalue weighted by Crippen LogP contribution is -2.33. The Morgan fingerprint density at radius 2 is 1.11 bits per heavy atom. The number of hydrogen-bond donors (Lipinski definition) is 0. The Kier molecular flexibility index (Phi) is 6.13. The lowest BCUT2D eigenvalue weighted by atomic mass is 9.63. The predicted molar refractivity (Wildman–Crippen MR) is 219 cm³/mol. The Labute approximate surface area is 307 Å². The highest BCUT2D eigenvalue weighted by Crippen LogP contribution is 2.48. The molecule has 0 saturated carbocycles. The first kappa shape index (κ1) is 30.4. The minimum absolute atomic E-state index is 0.110. The van der Waals surface area contributed by atoms with Crippen molar-refractivity contribution in [1.82, 2.24) is 19.1 Å². The third kappa shape index (κ3) is 4.25. The van der Waals surface area contributed by atoms with Crippen LogP contribution in [0.15, 0.2) is 138 Å². The fraction of sp³-hybridized carbons (Fsp3) is 0.167. The molecule has 10 aromatic rings. The second kappa shape index (κ2) is 10.7. The lowest BCUT2D eigenvalue weighted by molar-refractivity contribution is 0.332. The Hall–Kier alpha value is -6.20. The monoisotopic (exact) mass is 686 g/mol. The normalized spacial score (nSPS) is 15.3. The van der Waals surface area contributed by atoms with Gasteiger partial charge in [0.1, 0.15) is 11.1 Å². The Bertz CT molecular complexity index is 3120. The van der Waals surface area contributed by atoms with Crippen LogP contribution in [0.1, 0.15) is 51.7 Å². The van der Waals surface area contributed by atoms with Crippen molar-refractivity contribution in [2.75, 3.05) is 0 Å². The van der Waals surface area contributed by atoms with Crippen molar-refractivity contribution >= 4 is 65.7 Å². The molecule has 0 amide bonds. The van der Waals surface area contributed by atoms with Crippen LogP contribution < -0.4 is 0 Å². The zero-order chi connectivity index (χ0) is 35.6. The van der Waals surface area contributed by atoms with E-state index in [2.05, 4.69) is 134 Å². The first-order chi connectivity index (χ1) is 25.8. The molecule has 6 aromatic carbocycles. The molecule has 0 unspecified atom stereocenters. The van der Waals surface area contributed by atoms with Gasteiger partial charge in [0.2, 0.25) is 0 Å². The number of para-hydroxylation sites is 3. The molecule has 0 bridgehead atoms. The number of fused-ring (bicyclic) bond motifs is 11. The van der Waals surface area contributed by atoms with E-state index >= 15 is 0 Å². The average molecular weight is 687 g/mol. The van der Waals surface area contributed by atoms with Crippen LogP contribution in [-0.2, 0) is 10.8 Å². The highest BCUT2D eigenvalue weighted by Gasteiger charge is 2.37. The van der Waals surface area contributed by atoms with Crippen molar-refractivity contribution in [2.24, 2.45) is 0 Å². The molecule has 4 heterocycles. The summed E-state index contributed by atoms with van der Waals surface area (Å²) in [5.41, 5.74) is 12.2. The first-order valence-corrected chi connectivity index (χ1v) is 18.6.